The van der Waals surface area contributed by atoms with Crippen LogP contribution in [-0.2, 0) is 0 Å². The largest absolute Gasteiger partial charge is 0.335 e. The van der Waals surface area contributed by atoms with Gasteiger partial charge >= 0.3 is 0 Å². The number of piperidine rings is 1. The minimum atomic E-state index is 0.480. The van der Waals surface area contributed by atoms with E-state index in [1.807, 2.05) is 24.3 Å². The molecule has 5 nitrogen and oxygen atoms in total. The molecule has 0 radical (unpaired) electrons. The Balaban J connectivity index is 1.80. The Bertz CT molecular complexity index is 586. The van der Waals surface area contributed by atoms with Crippen molar-refractivity contribution in [3.05, 3.63) is 24.3 Å². The fourth-order valence-corrected chi connectivity index (χ4v) is 2.92. The van der Waals surface area contributed by atoms with Crippen LogP contribution in [0, 0.1) is 0 Å². The molecule has 1 aromatic heterocycles. The van der Waals surface area contributed by atoms with E-state index in [-0.39, 0.29) is 0 Å². The number of benzene rings is 1. The maximum Gasteiger partial charge on any atom is 0.246 e. The number of hydrogen-bond acceptors (Lipinski definition) is 5. The first-order valence-electron chi connectivity index (χ1n) is 7.95. The van der Waals surface area contributed by atoms with Crippen molar-refractivity contribution in [1.82, 2.24) is 20.5 Å². The van der Waals surface area contributed by atoms with Crippen LogP contribution in [0.2, 0.25) is 0 Å². The summed E-state index contributed by atoms with van der Waals surface area (Å²) < 4.78 is 0. The number of para-hydroxylation sites is 1. The van der Waals surface area contributed by atoms with Gasteiger partial charge in [0.15, 0.2) is 0 Å². The lowest BCUT2D eigenvalue weighted by Gasteiger charge is -2.35. The zero-order valence-electron chi connectivity index (χ0n) is 12.6. The highest BCUT2D eigenvalue weighted by atomic mass is 15.3. The average Bonchev–Trinajstić information content (AvgIpc) is 2.55. The van der Waals surface area contributed by atoms with Gasteiger partial charge in [-0.15, -0.1) is 10.2 Å². The Hall–Kier alpha value is -1.75. The molecule has 1 N–H and O–H groups in total. The van der Waals surface area contributed by atoms with Crippen molar-refractivity contribution in [3.63, 3.8) is 0 Å². The van der Waals surface area contributed by atoms with Gasteiger partial charge in [-0.25, -0.2) is 4.98 Å². The third-order valence-electron chi connectivity index (χ3n) is 4.04. The van der Waals surface area contributed by atoms with Crippen LogP contribution in [0.25, 0.3) is 11.0 Å². The molecule has 21 heavy (non-hydrogen) atoms. The van der Waals surface area contributed by atoms with Gasteiger partial charge in [0, 0.05) is 19.1 Å². The van der Waals surface area contributed by atoms with E-state index in [2.05, 4.69) is 27.3 Å². The van der Waals surface area contributed by atoms with Gasteiger partial charge in [-0.2, -0.15) is 0 Å². The normalized spacial score (nSPS) is 19.1. The number of nitrogens with zero attached hydrogens (tertiary/aromatic N) is 4. The first-order chi connectivity index (χ1) is 10.4. The molecular weight excluding hydrogens is 262 g/mol. The molecule has 0 saturated carbocycles. The molecule has 1 fully saturated rings. The molecule has 0 spiro atoms. The minimum absolute atomic E-state index is 0.480. The molecule has 1 unspecified atom stereocenters. The highest BCUT2D eigenvalue weighted by Crippen LogP contribution is 2.22. The Morgan fingerprint density at radius 3 is 2.90 bits per heavy atom. The average molecular weight is 285 g/mol. The molecule has 1 atom stereocenters. The fraction of sp³-hybridized carbons (Fsp3) is 0.562. The molecule has 0 amide bonds. The van der Waals surface area contributed by atoms with Gasteiger partial charge < -0.3 is 10.2 Å². The molecule has 1 saturated heterocycles. The van der Waals surface area contributed by atoms with Gasteiger partial charge in [-0.05, 0) is 44.4 Å². The number of nitrogens with one attached hydrogen (secondary N) is 1. The number of aromatic nitrogens is 3. The maximum atomic E-state index is 4.70. The highest BCUT2D eigenvalue weighted by molar-refractivity contribution is 5.74. The smallest absolute Gasteiger partial charge is 0.246 e. The van der Waals surface area contributed by atoms with E-state index in [0.29, 0.717) is 6.04 Å². The van der Waals surface area contributed by atoms with Crippen LogP contribution in [0.3, 0.4) is 0 Å². The van der Waals surface area contributed by atoms with Gasteiger partial charge in [0.05, 0.1) is 5.52 Å². The fourth-order valence-electron chi connectivity index (χ4n) is 2.92. The van der Waals surface area contributed by atoms with Crippen molar-refractivity contribution >= 4 is 17.0 Å². The molecule has 0 bridgehead atoms. The summed E-state index contributed by atoms with van der Waals surface area (Å²) in [5.41, 5.74) is 1.78. The third kappa shape index (κ3) is 3.29. The van der Waals surface area contributed by atoms with Crippen molar-refractivity contribution in [3.8, 4) is 0 Å². The van der Waals surface area contributed by atoms with Crippen LogP contribution in [0.4, 0.5) is 5.95 Å². The van der Waals surface area contributed by atoms with Crippen molar-refractivity contribution in [2.24, 2.45) is 0 Å². The summed E-state index contributed by atoms with van der Waals surface area (Å²) in [7, 11) is 0. The van der Waals surface area contributed by atoms with Crippen LogP contribution < -0.4 is 10.2 Å². The first kappa shape index (κ1) is 14.2. The lowest BCUT2D eigenvalue weighted by molar-refractivity contribution is 0.429. The van der Waals surface area contributed by atoms with Gasteiger partial charge in [0.1, 0.15) is 5.52 Å². The lowest BCUT2D eigenvalue weighted by atomic mass is 10.0. The van der Waals surface area contributed by atoms with Gasteiger partial charge in [0.25, 0.3) is 0 Å². The molecule has 0 aliphatic carbocycles. The van der Waals surface area contributed by atoms with Crippen LogP contribution in [0.1, 0.15) is 32.6 Å². The predicted molar refractivity (Wildman–Crippen MR) is 85.5 cm³/mol. The van der Waals surface area contributed by atoms with Crippen molar-refractivity contribution < 1.29 is 0 Å². The Kier molecular flexibility index (Phi) is 4.60. The Labute approximate surface area is 125 Å². The summed E-state index contributed by atoms with van der Waals surface area (Å²) in [4.78, 5) is 7.03. The molecule has 2 heterocycles. The predicted octanol–water partition coefficient (Wildman–Crippen LogP) is 2.38. The van der Waals surface area contributed by atoms with E-state index >= 15 is 0 Å². The molecule has 1 aromatic carbocycles. The van der Waals surface area contributed by atoms with E-state index in [0.717, 1.165) is 36.6 Å². The van der Waals surface area contributed by atoms with E-state index < -0.39 is 0 Å². The van der Waals surface area contributed by atoms with E-state index in [4.69, 9.17) is 4.98 Å². The second-order valence-corrected chi connectivity index (χ2v) is 5.65. The maximum absolute atomic E-state index is 4.70. The molecule has 1 aliphatic rings. The van der Waals surface area contributed by atoms with Crippen LogP contribution in [0.5, 0.6) is 0 Å². The third-order valence-corrected chi connectivity index (χ3v) is 4.04. The number of rotatable bonds is 5. The van der Waals surface area contributed by atoms with Gasteiger partial charge in [0.2, 0.25) is 5.95 Å². The van der Waals surface area contributed by atoms with Crippen molar-refractivity contribution in [2.75, 3.05) is 24.5 Å². The lowest BCUT2D eigenvalue weighted by Crippen LogP contribution is -2.46. The zero-order chi connectivity index (χ0) is 14.5. The number of hydrogen-bond donors (Lipinski definition) is 1. The number of fused-ring (bicyclic) bond motifs is 1. The van der Waals surface area contributed by atoms with E-state index in [1.165, 1.54) is 25.7 Å². The van der Waals surface area contributed by atoms with E-state index in [9.17, 15) is 0 Å². The summed E-state index contributed by atoms with van der Waals surface area (Å²) in [6.45, 7) is 5.30. The molecule has 112 valence electrons. The highest BCUT2D eigenvalue weighted by Gasteiger charge is 2.24. The molecule has 3 rings (SSSR count). The van der Waals surface area contributed by atoms with Crippen molar-refractivity contribution in [2.45, 2.75) is 38.6 Å². The standard InChI is InChI=1S/C16H23N5/c1-2-10-17-12-13-7-5-6-11-21(13)16-18-14-8-3-4-9-15(14)19-20-16/h3-4,8-9,13,17H,2,5-7,10-12H2,1H3. The molecule has 1 aliphatic heterocycles. The SMILES string of the molecule is CCCNCC1CCCCN1c1nnc2ccccc2n1. The monoisotopic (exact) mass is 285 g/mol. The molecule has 5 heteroatoms. The second-order valence-electron chi connectivity index (χ2n) is 5.65. The Morgan fingerprint density at radius 1 is 1.19 bits per heavy atom. The van der Waals surface area contributed by atoms with Crippen LogP contribution in [0.15, 0.2) is 24.3 Å². The minimum Gasteiger partial charge on any atom is -0.335 e. The van der Waals surface area contributed by atoms with Crippen LogP contribution >= 0.6 is 0 Å². The first-order valence-corrected chi connectivity index (χ1v) is 7.95. The summed E-state index contributed by atoms with van der Waals surface area (Å²) in [6, 6.07) is 8.40. The van der Waals surface area contributed by atoms with Crippen LogP contribution in [-0.4, -0.2) is 40.9 Å². The van der Waals surface area contributed by atoms with Gasteiger partial charge in [-0.1, -0.05) is 19.1 Å². The van der Waals surface area contributed by atoms with Crippen molar-refractivity contribution in [1.29, 1.82) is 0 Å². The molecular formula is C16H23N5. The summed E-state index contributed by atoms with van der Waals surface area (Å²) in [6.07, 6.45) is 4.87. The summed E-state index contributed by atoms with van der Waals surface area (Å²) >= 11 is 0. The Morgan fingerprint density at radius 2 is 2.05 bits per heavy atom. The summed E-state index contributed by atoms with van der Waals surface area (Å²) in [5.74, 6) is 0.775. The van der Waals surface area contributed by atoms with E-state index in [1.54, 1.807) is 0 Å². The quantitative estimate of drug-likeness (QED) is 0.855. The van der Waals surface area contributed by atoms with Gasteiger partial charge in [-0.3, -0.25) is 0 Å². The zero-order valence-corrected chi connectivity index (χ0v) is 12.6. The molecule has 2 aromatic rings. The second kappa shape index (κ2) is 6.80. The summed E-state index contributed by atoms with van der Waals surface area (Å²) in [5, 5.41) is 12.2. The topological polar surface area (TPSA) is 53.9 Å². The number of anilines is 1.